The first kappa shape index (κ1) is 20.2. The van der Waals surface area contributed by atoms with Crippen LogP contribution < -0.4 is 10.6 Å². The van der Waals surface area contributed by atoms with Crippen molar-refractivity contribution in [3.63, 3.8) is 0 Å². The van der Waals surface area contributed by atoms with Gasteiger partial charge in [0.25, 0.3) is 0 Å². The first-order chi connectivity index (χ1) is 15.2. The molecule has 1 saturated heterocycles. The number of carbonyl (C=O) groups excluding carboxylic acids is 1. The van der Waals surface area contributed by atoms with Crippen LogP contribution in [0.3, 0.4) is 0 Å². The number of pyridine rings is 1. The SMILES string of the molecule is Cn1cc(-c2ccc3cnc(NC(=O)C4CCC(C5CNCCO5)CC4)cc3c2)cn1. The van der Waals surface area contributed by atoms with Crippen LogP contribution >= 0.6 is 0 Å². The highest BCUT2D eigenvalue weighted by Crippen LogP contribution is 2.33. The average Bonchev–Trinajstić information content (AvgIpc) is 3.25. The van der Waals surface area contributed by atoms with Crippen molar-refractivity contribution in [1.82, 2.24) is 20.1 Å². The Labute approximate surface area is 182 Å². The van der Waals surface area contributed by atoms with Gasteiger partial charge in [0.15, 0.2) is 0 Å². The van der Waals surface area contributed by atoms with Gasteiger partial charge in [0.05, 0.1) is 18.9 Å². The zero-order valence-corrected chi connectivity index (χ0v) is 17.9. The molecule has 1 saturated carbocycles. The third-order valence-corrected chi connectivity index (χ3v) is 6.64. The van der Waals surface area contributed by atoms with Crippen molar-refractivity contribution in [2.24, 2.45) is 18.9 Å². The Morgan fingerprint density at radius 3 is 2.74 bits per heavy atom. The van der Waals surface area contributed by atoms with Gasteiger partial charge in [0.2, 0.25) is 5.91 Å². The molecule has 1 aliphatic carbocycles. The Morgan fingerprint density at radius 1 is 1.13 bits per heavy atom. The summed E-state index contributed by atoms with van der Waals surface area (Å²) in [6.07, 6.45) is 9.89. The molecule has 7 nitrogen and oxygen atoms in total. The second kappa shape index (κ2) is 8.77. The van der Waals surface area contributed by atoms with Crippen molar-refractivity contribution in [3.05, 3.63) is 42.9 Å². The van der Waals surface area contributed by atoms with Gasteiger partial charge in [0, 0.05) is 49.4 Å². The molecule has 2 aliphatic rings. The maximum Gasteiger partial charge on any atom is 0.228 e. The van der Waals surface area contributed by atoms with Gasteiger partial charge < -0.3 is 15.4 Å². The van der Waals surface area contributed by atoms with Crippen molar-refractivity contribution < 1.29 is 9.53 Å². The van der Waals surface area contributed by atoms with Gasteiger partial charge in [-0.15, -0.1) is 0 Å². The van der Waals surface area contributed by atoms with E-state index in [1.807, 2.05) is 31.7 Å². The fourth-order valence-electron chi connectivity index (χ4n) is 4.83. The lowest BCUT2D eigenvalue weighted by atomic mass is 9.78. The van der Waals surface area contributed by atoms with Gasteiger partial charge in [0.1, 0.15) is 5.82 Å². The number of aryl methyl sites for hydroxylation is 1. The number of carbonyl (C=O) groups is 1. The standard InChI is InChI=1S/C24H29N5O2/c1-29-15-21(13-27-29)18-6-7-19-12-26-23(11-20(19)10-18)28-24(30)17-4-2-16(3-5-17)22-14-25-8-9-31-22/h6-7,10-13,15-17,22,25H,2-5,8-9,14H2,1H3,(H,26,28,30). The van der Waals surface area contributed by atoms with Crippen molar-refractivity contribution in [2.45, 2.75) is 31.8 Å². The van der Waals surface area contributed by atoms with E-state index in [1.54, 1.807) is 4.68 Å². The Bertz CT molecular complexity index is 1060. The maximum absolute atomic E-state index is 12.9. The molecule has 0 bridgehead atoms. The highest BCUT2D eigenvalue weighted by atomic mass is 16.5. The third-order valence-electron chi connectivity index (χ3n) is 6.64. The van der Waals surface area contributed by atoms with Crippen LogP contribution in [0, 0.1) is 11.8 Å². The fraction of sp³-hybridized carbons (Fsp3) is 0.458. The number of aromatic nitrogens is 3. The number of rotatable bonds is 4. The molecular weight excluding hydrogens is 390 g/mol. The molecule has 1 atom stereocenters. The minimum absolute atomic E-state index is 0.0482. The van der Waals surface area contributed by atoms with Crippen LogP contribution in [0.1, 0.15) is 25.7 Å². The summed E-state index contributed by atoms with van der Waals surface area (Å²) in [6, 6.07) is 8.20. The van der Waals surface area contributed by atoms with Crippen LogP contribution in [0.2, 0.25) is 0 Å². The molecule has 3 aromatic rings. The molecule has 0 spiro atoms. The number of ether oxygens (including phenoxy) is 1. The van der Waals surface area contributed by atoms with Gasteiger partial charge in [-0.2, -0.15) is 5.10 Å². The zero-order valence-electron chi connectivity index (χ0n) is 17.9. The molecule has 162 valence electrons. The number of morpholine rings is 1. The van der Waals surface area contributed by atoms with E-state index in [1.165, 1.54) is 0 Å². The minimum Gasteiger partial charge on any atom is -0.375 e. The monoisotopic (exact) mass is 419 g/mol. The summed E-state index contributed by atoms with van der Waals surface area (Å²) in [5.74, 6) is 1.30. The third kappa shape index (κ3) is 4.48. The second-order valence-electron chi connectivity index (χ2n) is 8.75. The number of hydrogen-bond acceptors (Lipinski definition) is 5. The smallest absolute Gasteiger partial charge is 0.228 e. The quantitative estimate of drug-likeness (QED) is 0.678. The van der Waals surface area contributed by atoms with Crippen molar-refractivity contribution in [1.29, 1.82) is 0 Å². The minimum atomic E-state index is 0.0482. The lowest BCUT2D eigenvalue weighted by molar-refractivity contribution is -0.121. The van der Waals surface area contributed by atoms with Crippen LogP contribution in [0.5, 0.6) is 0 Å². The van der Waals surface area contributed by atoms with E-state index in [9.17, 15) is 4.79 Å². The Morgan fingerprint density at radius 2 is 2.00 bits per heavy atom. The Hall–Kier alpha value is -2.77. The molecule has 2 fully saturated rings. The molecule has 1 unspecified atom stereocenters. The molecule has 2 aromatic heterocycles. The van der Waals surface area contributed by atoms with Crippen molar-refractivity contribution in [3.8, 4) is 11.1 Å². The predicted molar refractivity (Wildman–Crippen MR) is 121 cm³/mol. The molecular formula is C24H29N5O2. The second-order valence-corrected chi connectivity index (χ2v) is 8.75. The first-order valence-corrected chi connectivity index (χ1v) is 11.2. The summed E-state index contributed by atoms with van der Waals surface area (Å²) < 4.78 is 7.71. The van der Waals surface area contributed by atoms with E-state index in [0.29, 0.717) is 17.8 Å². The zero-order chi connectivity index (χ0) is 21.2. The van der Waals surface area contributed by atoms with E-state index >= 15 is 0 Å². The van der Waals surface area contributed by atoms with Crippen LogP contribution in [0.15, 0.2) is 42.9 Å². The van der Waals surface area contributed by atoms with Crippen LogP contribution in [0.4, 0.5) is 5.82 Å². The van der Waals surface area contributed by atoms with Gasteiger partial charge in [-0.05, 0) is 54.7 Å². The Kier molecular flexibility index (Phi) is 5.70. The number of nitrogens with zero attached hydrogens (tertiary/aromatic N) is 3. The van der Waals surface area contributed by atoms with Gasteiger partial charge in [-0.25, -0.2) is 4.98 Å². The number of fused-ring (bicyclic) bond motifs is 1. The molecule has 2 N–H and O–H groups in total. The highest BCUT2D eigenvalue weighted by molar-refractivity contribution is 5.95. The maximum atomic E-state index is 12.9. The number of anilines is 1. The molecule has 1 aliphatic heterocycles. The van der Waals surface area contributed by atoms with Crippen LogP contribution in [-0.4, -0.2) is 46.5 Å². The molecule has 7 heteroatoms. The van der Waals surface area contributed by atoms with Crippen molar-refractivity contribution in [2.75, 3.05) is 25.0 Å². The van der Waals surface area contributed by atoms with E-state index in [-0.39, 0.29) is 11.8 Å². The van der Waals surface area contributed by atoms with Gasteiger partial charge in [-0.1, -0.05) is 12.1 Å². The number of benzene rings is 1. The lowest BCUT2D eigenvalue weighted by Crippen LogP contribution is -2.44. The van der Waals surface area contributed by atoms with E-state index < -0.39 is 0 Å². The van der Waals surface area contributed by atoms with E-state index in [4.69, 9.17) is 4.74 Å². The lowest BCUT2D eigenvalue weighted by Gasteiger charge is -2.35. The van der Waals surface area contributed by atoms with E-state index in [0.717, 1.165) is 67.3 Å². The summed E-state index contributed by atoms with van der Waals surface area (Å²) in [5, 5.41) is 12.8. The highest BCUT2D eigenvalue weighted by Gasteiger charge is 2.32. The molecule has 1 amide bonds. The number of nitrogens with one attached hydrogen (secondary N) is 2. The largest absolute Gasteiger partial charge is 0.375 e. The fourth-order valence-corrected chi connectivity index (χ4v) is 4.83. The molecule has 3 heterocycles. The topological polar surface area (TPSA) is 81.1 Å². The summed E-state index contributed by atoms with van der Waals surface area (Å²) >= 11 is 0. The first-order valence-electron chi connectivity index (χ1n) is 11.2. The van der Waals surface area contributed by atoms with E-state index in [2.05, 4.69) is 38.9 Å². The predicted octanol–water partition coefficient (Wildman–Crippen LogP) is 3.37. The molecule has 5 rings (SSSR count). The normalized spacial score (nSPS) is 24.2. The summed E-state index contributed by atoms with van der Waals surface area (Å²) in [7, 11) is 1.91. The van der Waals surface area contributed by atoms with Crippen molar-refractivity contribution >= 4 is 22.5 Å². The molecule has 31 heavy (non-hydrogen) atoms. The summed E-state index contributed by atoms with van der Waals surface area (Å²) in [6.45, 7) is 2.67. The van der Waals surface area contributed by atoms with Crippen LogP contribution in [0.25, 0.3) is 21.9 Å². The molecule has 0 radical (unpaired) electrons. The number of hydrogen-bond donors (Lipinski definition) is 2. The Balaban J connectivity index is 1.24. The van der Waals surface area contributed by atoms with Crippen LogP contribution in [-0.2, 0) is 16.6 Å². The van der Waals surface area contributed by atoms with Gasteiger partial charge in [-0.3, -0.25) is 9.48 Å². The van der Waals surface area contributed by atoms with Gasteiger partial charge >= 0.3 is 0 Å². The summed E-state index contributed by atoms with van der Waals surface area (Å²) in [4.78, 5) is 17.3. The molecule has 1 aromatic carbocycles. The number of amides is 1. The average molecular weight is 420 g/mol. The summed E-state index contributed by atoms with van der Waals surface area (Å²) in [5.41, 5.74) is 2.17.